The number of carbonyl (C=O) groups is 1. The van der Waals surface area contributed by atoms with Crippen molar-refractivity contribution >= 4 is 5.91 Å². The molecule has 1 aliphatic carbocycles. The van der Waals surface area contributed by atoms with Gasteiger partial charge >= 0.3 is 0 Å². The minimum absolute atomic E-state index is 0.225. The molecule has 0 radical (unpaired) electrons. The lowest BCUT2D eigenvalue weighted by atomic mass is 9.90. The molecular weight excluding hydrogens is 357 g/mol. The first-order chi connectivity index (χ1) is 13.5. The van der Waals surface area contributed by atoms with Crippen LogP contribution in [0.2, 0.25) is 0 Å². The van der Waals surface area contributed by atoms with Crippen LogP contribution in [0.25, 0.3) is 0 Å². The third-order valence-corrected chi connectivity index (χ3v) is 6.76. The number of hydrogen-bond donors (Lipinski definition) is 1. The van der Waals surface area contributed by atoms with Crippen molar-refractivity contribution in [3.8, 4) is 0 Å². The number of amides is 1. The van der Waals surface area contributed by atoms with Gasteiger partial charge in [-0.15, -0.1) is 0 Å². The summed E-state index contributed by atoms with van der Waals surface area (Å²) >= 11 is 0. The number of aliphatic hydroxyl groups is 1. The number of β-amino-alcohol motifs (C(OH)–C–C–N with tert-alkyl or cyclic N) is 1. The van der Waals surface area contributed by atoms with Crippen LogP contribution in [0.5, 0.6) is 0 Å². The van der Waals surface area contributed by atoms with Crippen LogP contribution >= 0.6 is 0 Å². The summed E-state index contributed by atoms with van der Waals surface area (Å²) in [6, 6.07) is 7.29. The highest BCUT2D eigenvalue weighted by molar-refractivity contribution is 5.86. The number of piperidine rings is 1. The van der Waals surface area contributed by atoms with Gasteiger partial charge < -0.3 is 10.0 Å². The van der Waals surface area contributed by atoms with E-state index in [0.717, 1.165) is 38.6 Å². The second kappa shape index (κ2) is 8.47. The summed E-state index contributed by atoms with van der Waals surface area (Å²) < 4.78 is 14.0. The predicted octanol–water partition coefficient (Wildman–Crippen LogP) is 2.24. The van der Waals surface area contributed by atoms with Gasteiger partial charge in [0.05, 0.1) is 0 Å². The SMILES string of the molecule is O=C1N(Cc2ccccc2F)CCC[C@]1(O)CN1CCN(C2CCCC2)CC1. The van der Waals surface area contributed by atoms with Crippen molar-refractivity contribution in [2.24, 2.45) is 0 Å². The Morgan fingerprint density at radius 1 is 1.04 bits per heavy atom. The fourth-order valence-electron chi connectivity index (χ4n) is 5.12. The molecule has 2 aliphatic heterocycles. The molecule has 0 bridgehead atoms. The maximum atomic E-state index is 14.0. The topological polar surface area (TPSA) is 47.0 Å². The first-order valence-corrected chi connectivity index (χ1v) is 10.8. The molecule has 2 saturated heterocycles. The van der Waals surface area contributed by atoms with Gasteiger partial charge in [0.15, 0.2) is 5.60 Å². The number of carbonyl (C=O) groups excluding carboxylic acids is 1. The maximum Gasteiger partial charge on any atom is 0.256 e. The smallest absolute Gasteiger partial charge is 0.256 e. The molecular formula is C22H32FN3O2. The Labute approximate surface area is 167 Å². The molecule has 1 saturated carbocycles. The number of benzene rings is 1. The Hall–Kier alpha value is -1.50. The third-order valence-electron chi connectivity index (χ3n) is 6.76. The van der Waals surface area contributed by atoms with E-state index in [0.29, 0.717) is 25.1 Å². The summed E-state index contributed by atoms with van der Waals surface area (Å²) in [6.45, 7) is 5.03. The zero-order chi connectivity index (χ0) is 19.6. The number of piperazine rings is 1. The van der Waals surface area contributed by atoms with Crippen molar-refractivity contribution in [1.82, 2.24) is 14.7 Å². The molecule has 1 aromatic rings. The molecule has 4 rings (SSSR count). The lowest BCUT2D eigenvalue weighted by Crippen LogP contribution is -2.60. The highest BCUT2D eigenvalue weighted by Gasteiger charge is 2.44. The normalized spacial score (nSPS) is 28.2. The number of nitrogens with zero attached hydrogens (tertiary/aromatic N) is 3. The van der Waals surface area contributed by atoms with Crippen molar-refractivity contribution in [1.29, 1.82) is 0 Å². The van der Waals surface area contributed by atoms with E-state index in [-0.39, 0.29) is 18.3 Å². The number of rotatable bonds is 5. The van der Waals surface area contributed by atoms with Gasteiger partial charge in [0.2, 0.25) is 0 Å². The maximum absolute atomic E-state index is 14.0. The van der Waals surface area contributed by atoms with Gasteiger partial charge in [-0.3, -0.25) is 14.6 Å². The monoisotopic (exact) mass is 389 g/mol. The van der Waals surface area contributed by atoms with Crippen LogP contribution in [-0.4, -0.2) is 76.6 Å². The van der Waals surface area contributed by atoms with Gasteiger partial charge in [0.25, 0.3) is 5.91 Å². The number of halogens is 1. The minimum atomic E-state index is -1.35. The molecule has 1 aromatic carbocycles. The summed E-state index contributed by atoms with van der Waals surface area (Å²) in [4.78, 5) is 19.5. The fourth-order valence-corrected chi connectivity index (χ4v) is 5.12. The van der Waals surface area contributed by atoms with E-state index in [9.17, 15) is 14.3 Å². The molecule has 1 atom stereocenters. The summed E-state index contributed by atoms with van der Waals surface area (Å²) in [5.41, 5.74) is -0.843. The minimum Gasteiger partial charge on any atom is -0.379 e. The predicted molar refractivity (Wildman–Crippen MR) is 106 cm³/mol. The molecule has 2 heterocycles. The van der Waals surface area contributed by atoms with E-state index in [4.69, 9.17) is 0 Å². The van der Waals surface area contributed by atoms with Gasteiger partial charge in [0, 0.05) is 57.4 Å². The Bertz CT molecular complexity index is 686. The number of hydrogen-bond acceptors (Lipinski definition) is 4. The van der Waals surface area contributed by atoms with Gasteiger partial charge in [-0.1, -0.05) is 31.0 Å². The molecule has 6 heteroatoms. The first kappa shape index (κ1) is 19.8. The Morgan fingerprint density at radius 3 is 2.46 bits per heavy atom. The lowest BCUT2D eigenvalue weighted by molar-refractivity contribution is -0.161. The molecule has 5 nitrogen and oxygen atoms in total. The van der Waals surface area contributed by atoms with E-state index < -0.39 is 5.60 Å². The van der Waals surface area contributed by atoms with Crippen LogP contribution in [0.3, 0.4) is 0 Å². The molecule has 1 N–H and O–H groups in total. The van der Waals surface area contributed by atoms with Gasteiger partial charge in [0.1, 0.15) is 5.82 Å². The quantitative estimate of drug-likeness (QED) is 0.839. The lowest BCUT2D eigenvalue weighted by Gasteiger charge is -2.44. The summed E-state index contributed by atoms with van der Waals surface area (Å²) in [7, 11) is 0. The molecule has 3 aliphatic rings. The second-order valence-corrected chi connectivity index (χ2v) is 8.70. The van der Waals surface area contributed by atoms with Crippen LogP contribution in [0.1, 0.15) is 44.1 Å². The van der Waals surface area contributed by atoms with Crippen LogP contribution in [0.15, 0.2) is 24.3 Å². The van der Waals surface area contributed by atoms with Crippen LogP contribution < -0.4 is 0 Å². The van der Waals surface area contributed by atoms with Crippen LogP contribution in [0, 0.1) is 5.82 Å². The zero-order valence-electron chi connectivity index (χ0n) is 16.7. The Morgan fingerprint density at radius 2 is 1.75 bits per heavy atom. The van der Waals surface area contributed by atoms with E-state index >= 15 is 0 Å². The van der Waals surface area contributed by atoms with Gasteiger partial charge in [-0.25, -0.2) is 4.39 Å². The molecule has 0 aromatic heterocycles. The average molecular weight is 390 g/mol. The first-order valence-electron chi connectivity index (χ1n) is 10.8. The second-order valence-electron chi connectivity index (χ2n) is 8.70. The third kappa shape index (κ3) is 4.24. The molecule has 0 spiro atoms. The average Bonchev–Trinajstić information content (AvgIpc) is 3.23. The molecule has 0 unspecified atom stereocenters. The highest BCUT2D eigenvalue weighted by Crippen LogP contribution is 2.28. The van der Waals surface area contributed by atoms with E-state index in [2.05, 4.69) is 9.80 Å². The Kier molecular flexibility index (Phi) is 5.99. The summed E-state index contributed by atoms with van der Waals surface area (Å²) in [5, 5.41) is 11.1. The van der Waals surface area contributed by atoms with Crippen molar-refractivity contribution < 1.29 is 14.3 Å². The standard InChI is InChI=1S/C22H32FN3O2/c23-20-9-4-1-6-18(20)16-26-11-5-10-22(28,21(26)27)17-24-12-14-25(15-13-24)19-7-2-3-8-19/h1,4,6,9,19,28H,2-3,5,7-8,10-17H2/t22-/m0/s1. The molecule has 1 amide bonds. The number of likely N-dealkylation sites (tertiary alicyclic amines) is 1. The largest absolute Gasteiger partial charge is 0.379 e. The van der Waals surface area contributed by atoms with Crippen LogP contribution in [-0.2, 0) is 11.3 Å². The van der Waals surface area contributed by atoms with Gasteiger partial charge in [-0.2, -0.15) is 0 Å². The van der Waals surface area contributed by atoms with Crippen molar-refractivity contribution in [2.45, 2.75) is 56.7 Å². The van der Waals surface area contributed by atoms with E-state index in [1.807, 2.05) is 0 Å². The molecule has 3 fully saturated rings. The highest BCUT2D eigenvalue weighted by atomic mass is 19.1. The van der Waals surface area contributed by atoms with Gasteiger partial charge in [-0.05, 0) is 31.7 Å². The van der Waals surface area contributed by atoms with Crippen molar-refractivity contribution in [3.63, 3.8) is 0 Å². The molecule has 154 valence electrons. The van der Waals surface area contributed by atoms with E-state index in [1.165, 1.54) is 31.7 Å². The van der Waals surface area contributed by atoms with E-state index in [1.54, 1.807) is 23.1 Å². The molecule has 28 heavy (non-hydrogen) atoms. The van der Waals surface area contributed by atoms with Crippen molar-refractivity contribution in [2.75, 3.05) is 39.3 Å². The Balaban J connectivity index is 1.34. The summed E-state index contributed by atoms with van der Waals surface area (Å²) in [5.74, 6) is -0.548. The van der Waals surface area contributed by atoms with Crippen molar-refractivity contribution in [3.05, 3.63) is 35.6 Å². The zero-order valence-corrected chi connectivity index (χ0v) is 16.7. The summed E-state index contributed by atoms with van der Waals surface area (Å²) in [6.07, 6.45) is 6.55. The fraction of sp³-hybridized carbons (Fsp3) is 0.682. The van der Waals surface area contributed by atoms with Crippen LogP contribution in [0.4, 0.5) is 4.39 Å².